The minimum atomic E-state index is 0.611. The van der Waals surface area contributed by atoms with Gasteiger partial charge in [0.2, 0.25) is 0 Å². The molecule has 0 amide bonds. The van der Waals surface area contributed by atoms with Crippen LogP contribution in [0.25, 0.3) is 11.4 Å². The molecule has 0 saturated carbocycles. The van der Waals surface area contributed by atoms with Crippen LogP contribution in [-0.2, 0) is 6.42 Å². The second-order valence-corrected chi connectivity index (χ2v) is 4.16. The Balaban J connectivity index is 2.60. The van der Waals surface area contributed by atoms with Crippen molar-refractivity contribution in [1.29, 1.82) is 0 Å². The van der Waals surface area contributed by atoms with Crippen LogP contribution in [0.5, 0.6) is 5.75 Å². The first kappa shape index (κ1) is 13.3. The highest BCUT2D eigenvalue weighted by Crippen LogP contribution is 2.29. The number of aromatic nitrogens is 2. The summed E-state index contributed by atoms with van der Waals surface area (Å²) < 4.78 is 5.34. The predicted octanol–water partition coefficient (Wildman–Crippen LogP) is 2.31. The van der Waals surface area contributed by atoms with Gasteiger partial charge in [-0.15, -0.1) is 0 Å². The molecule has 0 atom stereocenters. The molecular weight excluding hydrogens is 240 g/mol. The zero-order chi connectivity index (χ0) is 13.8. The molecule has 19 heavy (non-hydrogen) atoms. The molecule has 0 aliphatic carbocycles. The summed E-state index contributed by atoms with van der Waals surface area (Å²) in [5.74, 6) is 7.56. The zero-order valence-electron chi connectivity index (χ0n) is 11.4. The lowest BCUT2D eigenvalue weighted by Gasteiger charge is -2.13. The summed E-state index contributed by atoms with van der Waals surface area (Å²) in [6.07, 6.45) is 0.831. The highest BCUT2D eigenvalue weighted by atomic mass is 16.5. The first-order chi connectivity index (χ1) is 9.21. The zero-order valence-corrected chi connectivity index (χ0v) is 11.4. The molecular formula is C14H18N4O. The largest absolute Gasteiger partial charge is 0.496 e. The van der Waals surface area contributed by atoms with Gasteiger partial charge in [-0.25, -0.2) is 15.8 Å². The molecule has 1 heterocycles. The van der Waals surface area contributed by atoms with Gasteiger partial charge in [0.1, 0.15) is 11.6 Å². The van der Waals surface area contributed by atoms with Gasteiger partial charge in [0, 0.05) is 11.3 Å². The molecule has 0 spiro atoms. The van der Waals surface area contributed by atoms with E-state index in [0.29, 0.717) is 11.6 Å². The number of anilines is 1. The summed E-state index contributed by atoms with van der Waals surface area (Å²) in [6, 6.07) is 7.66. The first-order valence-electron chi connectivity index (χ1n) is 6.18. The topological polar surface area (TPSA) is 73.1 Å². The minimum Gasteiger partial charge on any atom is -0.496 e. The lowest BCUT2D eigenvalue weighted by atomic mass is 10.1. The van der Waals surface area contributed by atoms with Crippen molar-refractivity contribution in [3.63, 3.8) is 0 Å². The number of hydrazine groups is 1. The van der Waals surface area contributed by atoms with Gasteiger partial charge in [-0.2, -0.15) is 0 Å². The molecule has 0 fully saturated rings. The van der Waals surface area contributed by atoms with E-state index in [2.05, 4.69) is 22.3 Å². The number of aryl methyl sites for hydroxylation is 1. The van der Waals surface area contributed by atoms with Crippen LogP contribution in [0.15, 0.2) is 24.3 Å². The standard InChI is InChI=1S/C14H18N4O/c1-4-10-9(2)16-13(17-14(10)18-15)11-7-5-6-8-12(11)19-3/h5-8H,4,15H2,1-3H3,(H,16,17,18). The van der Waals surface area contributed by atoms with Crippen molar-refractivity contribution in [3.05, 3.63) is 35.5 Å². The number of nitrogens with two attached hydrogens (primary N) is 1. The van der Waals surface area contributed by atoms with E-state index in [0.717, 1.165) is 29.0 Å². The number of hydrogen-bond acceptors (Lipinski definition) is 5. The second-order valence-electron chi connectivity index (χ2n) is 4.16. The highest BCUT2D eigenvalue weighted by Gasteiger charge is 2.13. The van der Waals surface area contributed by atoms with Crippen molar-refractivity contribution in [1.82, 2.24) is 9.97 Å². The lowest BCUT2D eigenvalue weighted by molar-refractivity contribution is 0.416. The Morgan fingerprint density at radius 1 is 1.26 bits per heavy atom. The summed E-state index contributed by atoms with van der Waals surface area (Å²) in [7, 11) is 1.63. The summed E-state index contributed by atoms with van der Waals surface area (Å²) in [6.45, 7) is 4.01. The van der Waals surface area contributed by atoms with Crippen LogP contribution in [-0.4, -0.2) is 17.1 Å². The third-order valence-corrected chi connectivity index (χ3v) is 3.05. The van der Waals surface area contributed by atoms with E-state index in [9.17, 15) is 0 Å². The van der Waals surface area contributed by atoms with E-state index in [1.54, 1.807) is 7.11 Å². The molecule has 2 aromatic rings. The molecule has 1 aromatic carbocycles. The fraction of sp³-hybridized carbons (Fsp3) is 0.286. The molecule has 0 aliphatic rings. The Labute approximate surface area is 112 Å². The molecule has 0 aliphatic heterocycles. The van der Waals surface area contributed by atoms with Gasteiger partial charge in [-0.05, 0) is 25.5 Å². The van der Waals surface area contributed by atoms with E-state index in [1.807, 2.05) is 31.2 Å². The smallest absolute Gasteiger partial charge is 0.165 e. The van der Waals surface area contributed by atoms with E-state index >= 15 is 0 Å². The summed E-state index contributed by atoms with van der Waals surface area (Å²) >= 11 is 0. The van der Waals surface area contributed by atoms with E-state index in [-0.39, 0.29) is 0 Å². The van der Waals surface area contributed by atoms with Crippen LogP contribution >= 0.6 is 0 Å². The first-order valence-corrected chi connectivity index (χ1v) is 6.18. The van der Waals surface area contributed by atoms with E-state index < -0.39 is 0 Å². The van der Waals surface area contributed by atoms with Crippen LogP contribution < -0.4 is 16.0 Å². The van der Waals surface area contributed by atoms with Gasteiger partial charge in [-0.3, -0.25) is 0 Å². The number of ether oxygens (including phenoxy) is 1. The average molecular weight is 258 g/mol. The Morgan fingerprint density at radius 2 is 2.00 bits per heavy atom. The molecule has 0 unspecified atom stereocenters. The molecule has 3 N–H and O–H groups in total. The van der Waals surface area contributed by atoms with Gasteiger partial charge in [0.15, 0.2) is 5.82 Å². The fourth-order valence-electron chi connectivity index (χ4n) is 2.09. The van der Waals surface area contributed by atoms with E-state index in [4.69, 9.17) is 10.6 Å². The number of nitrogens with one attached hydrogen (secondary N) is 1. The van der Waals surface area contributed by atoms with Crippen molar-refractivity contribution in [3.8, 4) is 17.1 Å². The third-order valence-electron chi connectivity index (χ3n) is 3.05. The van der Waals surface area contributed by atoms with Gasteiger partial charge < -0.3 is 10.2 Å². The molecule has 1 aromatic heterocycles. The normalized spacial score (nSPS) is 10.3. The number of para-hydroxylation sites is 1. The molecule has 5 heteroatoms. The number of benzene rings is 1. The maximum Gasteiger partial charge on any atom is 0.165 e. The van der Waals surface area contributed by atoms with Crippen LogP contribution in [0.1, 0.15) is 18.2 Å². The maximum absolute atomic E-state index is 5.54. The number of nitrogens with zero attached hydrogens (tertiary/aromatic N) is 2. The molecule has 0 saturated heterocycles. The SMILES string of the molecule is CCc1c(C)nc(-c2ccccc2OC)nc1NN. The van der Waals surface area contributed by atoms with Crippen LogP contribution in [0.2, 0.25) is 0 Å². The molecule has 2 rings (SSSR count). The van der Waals surface area contributed by atoms with Gasteiger partial charge in [0.05, 0.1) is 12.7 Å². The van der Waals surface area contributed by atoms with Crippen molar-refractivity contribution >= 4 is 5.82 Å². The number of hydrogen-bond donors (Lipinski definition) is 2. The Bertz CT molecular complexity index is 584. The monoisotopic (exact) mass is 258 g/mol. The van der Waals surface area contributed by atoms with Gasteiger partial charge in [0.25, 0.3) is 0 Å². The predicted molar refractivity (Wildman–Crippen MR) is 75.9 cm³/mol. The van der Waals surface area contributed by atoms with Crippen molar-refractivity contribution in [2.45, 2.75) is 20.3 Å². The van der Waals surface area contributed by atoms with Crippen LogP contribution in [0.4, 0.5) is 5.82 Å². The Hall–Kier alpha value is -2.14. The van der Waals surface area contributed by atoms with Crippen molar-refractivity contribution < 1.29 is 4.74 Å². The summed E-state index contributed by atoms with van der Waals surface area (Å²) in [5.41, 5.74) is 5.45. The average Bonchev–Trinajstić information content (AvgIpc) is 2.46. The maximum atomic E-state index is 5.54. The third kappa shape index (κ3) is 2.51. The van der Waals surface area contributed by atoms with Gasteiger partial charge >= 0.3 is 0 Å². The second kappa shape index (κ2) is 5.67. The van der Waals surface area contributed by atoms with Crippen LogP contribution in [0.3, 0.4) is 0 Å². The quantitative estimate of drug-likeness (QED) is 0.650. The van der Waals surface area contributed by atoms with Crippen LogP contribution in [0, 0.1) is 6.92 Å². The Kier molecular flexibility index (Phi) is 3.97. The molecule has 5 nitrogen and oxygen atoms in total. The Morgan fingerprint density at radius 3 is 2.63 bits per heavy atom. The van der Waals surface area contributed by atoms with Crippen molar-refractivity contribution in [2.75, 3.05) is 12.5 Å². The van der Waals surface area contributed by atoms with Gasteiger partial charge in [-0.1, -0.05) is 19.1 Å². The van der Waals surface area contributed by atoms with Crippen molar-refractivity contribution in [2.24, 2.45) is 5.84 Å². The highest BCUT2D eigenvalue weighted by molar-refractivity contribution is 5.66. The summed E-state index contributed by atoms with van der Waals surface area (Å²) in [4.78, 5) is 9.02. The van der Waals surface area contributed by atoms with E-state index in [1.165, 1.54) is 0 Å². The minimum absolute atomic E-state index is 0.611. The number of nitrogen functional groups attached to an aromatic ring is 1. The molecule has 100 valence electrons. The lowest BCUT2D eigenvalue weighted by Crippen LogP contribution is -2.13. The number of rotatable bonds is 4. The molecule has 0 radical (unpaired) electrons. The molecule has 0 bridgehead atoms. The fourth-order valence-corrected chi connectivity index (χ4v) is 2.09. The summed E-state index contributed by atoms with van der Waals surface area (Å²) in [5, 5.41) is 0. The number of methoxy groups -OCH3 is 1.